The molecule has 0 atom stereocenters. The number of amides is 1. The highest BCUT2D eigenvalue weighted by atomic mass is 32.2. The molecule has 7 nitrogen and oxygen atoms in total. The van der Waals surface area contributed by atoms with Gasteiger partial charge in [-0.1, -0.05) is 19.8 Å². The average Bonchev–Trinajstić information content (AvgIpc) is 3.07. The maximum atomic E-state index is 12.7. The first-order valence-electron chi connectivity index (χ1n) is 7.31. The topological polar surface area (TPSA) is 109 Å². The Labute approximate surface area is 124 Å². The number of nitrogens with two attached hydrogens (primary N) is 1. The number of nitrogens with zero attached hydrogens (tertiary/aromatic N) is 2. The first-order chi connectivity index (χ1) is 9.90. The molecule has 1 saturated carbocycles. The molecule has 1 aliphatic rings. The number of sulfonamides is 1. The molecule has 3 N–H and O–H groups in total. The second kappa shape index (κ2) is 6.15. The van der Waals surface area contributed by atoms with Gasteiger partial charge in [0.05, 0.1) is 5.69 Å². The van der Waals surface area contributed by atoms with Gasteiger partial charge in [-0.15, -0.1) is 0 Å². The number of hydrogen-bond acceptors (Lipinski definition) is 4. The molecule has 0 radical (unpaired) electrons. The average molecular weight is 314 g/mol. The Morgan fingerprint density at radius 1 is 1.38 bits per heavy atom. The van der Waals surface area contributed by atoms with Crippen LogP contribution in [0, 0.1) is 0 Å². The molecular weight excluding hydrogens is 292 g/mol. The molecule has 118 valence electrons. The minimum atomic E-state index is -3.98. The Balaban J connectivity index is 2.41. The summed E-state index contributed by atoms with van der Waals surface area (Å²) in [5, 5.41) is 11.8. The highest BCUT2D eigenvalue weighted by Gasteiger charge is 2.33. The van der Waals surface area contributed by atoms with Crippen LogP contribution in [0.2, 0.25) is 0 Å². The van der Waals surface area contributed by atoms with Crippen molar-refractivity contribution in [1.82, 2.24) is 15.1 Å². The highest BCUT2D eigenvalue weighted by Crippen LogP contribution is 2.26. The van der Waals surface area contributed by atoms with Crippen molar-refractivity contribution in [3.8, 4) is 0 Å². The molecule has 1 fully saturated rings. The summed E-state index contributed by atoms with van der Waals surface area (Å²) in [6.45, 7) is 4.20. The van der Waals surface area contributed by atoms with Gasteiger partial charge in [-0.3, -0.25) is 9.89 Å². The van der Waals surface area contributed by atoms with E-state index < -0.39 is 10.0 Å². The third-order valence-corrected chi connectivity index (χ3v) is 5.01. The van der Waals surface area contributed by atoms with Crippen LogP contribution in [0.25, 0.3) is 0 Å². The van der Waals surface area contributed by atoms with Gasteiger partial charge in [0.15, 0.2) is 5.69 Å². The van der Waals surface area contributed by atoms with Crippen LogP contribution in [0.1, 0.15) is 55.7 Å². The van der Waals surface area contributed by atoms with E-state index in [1.165, 1.54) is 0 Å². The van der Waals surface area contributed by atoms with E-state index in [0.717, 1.165) is 25.7 Å². The smallest absolute Gasteiger partial charge is 0.276 e. The SMILES string of the molecule is CCc1[nH]nc(C(=O)N(CC)C2CCCC2)c1S(N)(=O)=O. The second-order valence-electron chi connectivity index (χ2n) is 5.31. The molecule has 1 aromatic rings. The van der Waals surface area contributed by atoms with Crippen molar-refractivity contribution in [2.75, 3.05) is 6.54 Å². The molecule has 0 spiro atoms. The lowest BCUT2D eigenvalue weighted by Crippen LogP contribution is -2.39. The van der Waals surface area contributed by atoms with Gasteiger partial charge in [0.2, 0.25) is 10.0 Å². The minimum absolute atomic E-state index is 0.0805. The quantitative estimate of drug-likeness (QED) is 0.845. The van der Waals surface area contributed by atoms with Crippen molar-refractivity contribution in [3.05, 3.63) is 11.4 Å². The first kappa shape index (κ1) is 16.0. The number of aromatic nitrogens is 2. The third kappa shape index (κ3) is 3.11. The van der Waals surface area contributed by atoms with E-state index in [2.05, 4.69) is 10.2 Å². The fourth-order valence-electron chi connectivity index (χ4n) is 2.98. The van der Waals surface area contributed by atoms with Crippen molar-refractivity contribution in [2.24, 2.45) is 5.14 Å². The summed E-state index contributed by atoms with van der Waals surface area (Å²) < 4.78 is 23.6. The lowest BCUT2D eigenvalue weighted by molar-refractivity contribution is 0.0683. The maximum absolute atomic E-state index is 12.7. The Kier molecular flexibility index (Phi) is 4.67. The largest absolute Gasteiger partial charge is 0.335 e. The third-order valence-electron chi connectivity index (χ3n) is 4.00. The summed E-state index contributed by atoms with van der Waals surface area (Å²) in [5.41, 5.74) is 0.298. The standard InChI is InChI=1S/C13H22N4O3S/c1-3-10-12(21(14,19)20)11(16-15-10)13(18)17(4-2)9-7-5-6-8-9/h9H,3-8H2,1-2H3,(H,15,16)(H2,14,19,20). The van der Waals surface area contributed by atoms with E-state index in [9.17, 15) is 13.2 Å². The van der Waals surface area contributed by atoms with Gasteiger partial charge in [-0.05, 0) is 26.2 Å². The number of primary sulfonamides is 1. The number of aromatic amines is 1. The summed E-state index contributed by atoms with van der Waals surface area (Å²) in [6.07, 6.45) is 4.51. The fraction of sp³-hybridized carbons (Fsp3) is 0.692. The van der Waals surface area contributed by atoms with Gasteiger partial charge in [0.25, 0.3) is 5.91 Å². The molecule has 0 saturated heterocycles. The van der Waals surface area contributed by atoms with Crippen LogP contribution in [-0.4, -0.2) is 42.0 Å². The van der Waals surface area contributed by atoms with Crippen LogP contribution in [0.5, 0.6) is 0 Å². The fourth-order valence-corrected chi connectivity index (χ4v) is 3.91. The zero-order valence-corrected chi connectivity index (χ0v) is 13.2. The van der Waals surface area contributed by atoms with Gasteiger partial charge >= 0.3 is 0 Å². The monoisotopic (exact) mass is 314 g/mol. The molecule has 1 amide bonds. The Bertz CT molecular complexity index is 617. The van der Waals surface area contributed by atoms with Crippen LogP contribution < -0.4 is 5.14 Å². The molecule has 21 heavy (non-hydrogen) atoms. The molecular formula is C13H22N4O3S. The summed E-state index contributed by atoms with van der Waals surface area (Å²) in [7, 11) is -3.98. The zero-order valence-electron chi connectivity index (χ0n) is 12.4. The van der Waals surface area contributed by atoms with Crippen LogP contribution in [0.3, 0.4) is 0 Å². The van der Waals surface area contributed by atoms with Gasteiger partial charge in [0, 0.05) is 12.6 Å². The lowest BCUT2D eigenvalue weighted by Gasteiger charge is -2.27. The van der Waals surface area contributed by atoms with E-state index in [4.69, 9.17) is 5.14 Å². The zero-order chi connectivity index (χ0) is 15.6. The molecule has 0 aromatic carbocycles. The number of hydrogen-bond donors (Lipinski definition) is 2. The van der Waals surface area contributed by atoms with Crippen LogP contribution in [-0.2, 0) is 16.4 Å². The van der Waals surface area contributed by atoms with Gasteiger partial charge in [0.1, 0.15) is 4.90 Å². The number of rotatable bonds is 5. The Hall–Kier alpha value is -1.41. The van der Waals surface area contributed by atoms with E-state index in [1.54, 1.807) is 11.8 Å². The van der Waals surface area contributed by atoms with Gasteiger partial charge < -0.3 is 4.90 Å². The molecule has 0 unspecified atom stereocenters. The first-order valence-corrected chi connectivity index (χ1v) is 8.85. The molecule has 1 aliphatic carbocycles. The second-order valence-corrected chi connectivity index (χ2v) is 6.81. The predicted octanol–water partition coefficient (Wildman–Crippen LogP) is 1.02. The number of nitrogens with one attached hydrogen (secondary N) is 1. The predicted molar refractivity (Wildman–Crippen MR) is 78.3 cm³/mol. The summed E-state index contributed by atoms with van der Waals surface area (Å²) in [5.74, 6) is -0.357. The van der Waals surface area contributed by atoms with E-state index in [0.29, 0.717) is 18.7 Å². The normalized spacial score (nSPS) is 16.3. The minimum Gasteiger partial charge on any atom is -0.335 e. The molecule has 1 aromatic heterocycles. The number of aryl methyl sites for hydroxylation is 1. The van der Waals surface area contributed by atoms with Crippen LogP contribution in [0.15, 0.2) is 4.90 Å². The lowest BCUT2D eigenvalue weighted by atomic mass is 10.2. The van der Waals surface area contributed by atoms with Crippen molar-refractivity contribution >= 4 is 15.9 Å². The van der Waals surface area contributed by atoms with Crippen molar-refractivity contribution < 1.29 is 13.2 Å². The molecule has 1 heterocycles. The van der Waals surface area contributed by atoms with E-state index >= 15 is 0 Å². The summed E-state index contributed by atoms with van der Waals surface area (Å²) >= 11 is 0. The van der Waals surface area contributed by atoms with Gasteiger partial charge in [-0.2, -0.15) is 5.10 Å². The van der Waals surface area contributed by atoms with Crippen LogP contribution in [0.4, 0.5) is 0 Å². The molecule has 8 heteroatoms. The summed E-state index contributed by atoms with van der Waals surface area (Å²) in [6, 6.07) is 0.164. The number of carbonyl (C=O) groups excluding carboxylic acids is 1. The van der Waals surface area contributed by atoms with Gasteiger partial charge in [-0.25, -0.2) is 13.6 Å². The number of H-pyrrole nitrogens is 1. The van der Waals surface area contributed by atoms with Crippen molar-refractivity contribution in [3.63, 3.8) is 0 Å². The molecule has 0 aliphatic heterocycles. The molecule has 0 bridgehead atoms. The Morgan fingerprint density at radius 2 is 2.00 bits per heavy atom. The Morgan fingerprint density at radius 3 is 2.48 bits per heavy atom. The summed E-state index contributed by atoms with van der Waals surface area (Å²) in [4.78, 5) is 14.2. The highest BCUT2D eigenvalue weighted by molar-refractivity contribution is 7.89. The van der Waals surface area contributed by atoms with E-state index in [1.807, 2.05) is 6.92 Å². The maximum Gasteiger partial charge on any atom is 0.276 e. The van der Waals surface area contributed by atoms with Crippen molar-refractivity contribution in [1.29, 1.82) is 0 Å². The molecule has 2 rings (SSSR count). The van der Waals surface area contributed by atoms with Crippen molar-refractivity contribution in [2.45, 2.75) is 56.9 Å². The number of carbonyl (C=O) groups is 1. The van der Waals surface area contributed by atoms with Crippen LogP contribution >= 0.6 is 0 Å². The van der Waals surface area contributed by atoms with E-state index in [-0.39, 0.29) is 22.5 Å².